The standard InChI is InChI=1S/C35H38FN5O4/c1-35(2,3)45-31(42)21-23-19-24(36)12-15-27(23)37-33(43)22-11-16-30(40-17-7-4-8-18-40)28(20-22)38-34(44)32-26-9-5-6-10-29(26)41(39-32)25-13-14-25/h5-6,9-12,15-16,19-20,25H,4,7-8,13-14,17-18,21H2,1-3H3,(H,37,43)(H,38,44). The quantitative estimate of drug-likeness (QED) is 0.210. The third kappa shape index (κ3) is 7.00. The first-order valence-electron chi connectivity index (χ1n) is 15.5. The normalized spacial score (nSPS) is 15.2. The van der Waals surface area contributed by atoms with Gasteiger partial charge in [0.25, 0.3) is 11.8 Å². The number of nitrogens with one attached hydrogen (secondary N) is 2. The third-order valence-electron chi connectivity index (χ3n) is 8.00. The van der Waals surface area contributed by atoms with Crippen molar-refractivity contribution in [2.24, 2.45) is 0 Å². The van der Waals surface area contributed by atoms with Gasteiger partial charge >= 0.3 is 5.97 Å². The molecule has 0 atom stereocenters. The minimum absolute atomic E-state index is 0.207. The van der Waals surface area contributed by atoms with Crippen molar-refractivity contribution in [3.05, 3.63) is 83.3 Å². The van der Waals surface area contributed by atoms with E-state index >= 15 is 0 Å². The minimum Gasteiger partial charge on any atom is -0.460 e. The number of esters is 1. The number of benzene rings is 3. The van der Waals surface area contributed by atoms with Gasteiger partial charge in [0, 0.05) is 29.7 Å². The molecule has 9 nitrogen and oxygen atoms in total. The summed E-state index contributed by atoms with van der Waals surface area (Å²) in [6.45, 7) is 6.95. The Labute approximate surface area is 261 Å². The Balaban J connectivity index is 1.29. The molecule has 45 heavy (non-hydrogen) atoms. The highest BCUT2D eigenvalue weighted by atomic mass is 19.1. The van der Waals surface area contributed by atoms with Crippen LogP contribution in [0.2, 0.25) is 0 Å². The molecular weight excluding hydrogens is 573 g/mol. The molecule has 1 aliphatic carbocycles. The van der Waals surface area contributed by atoms with E-state index in [1.807, 2.05) is 35.0 Å². The van der Waals surface area contributed by atoms with Crippen LogP contribution < -0.4 is 15.5 Å². The van der Waals surface area contributed by atoms with Crippen LogP contribution in [0.4, 0.5) is 21.5 Å². The van der Waals surface area contributed by atoms with Crippen LogP contribution in [0.1, 0.15) is 85.3 Å². The van der Waals surface area contributed by atoms with E-state index < -0.39 is 23.3 Å². The number of nitrogens with zero attached hydrogens (tertiary/aromatic N) is 3. The van der Waals surface area contributed by atoms with E-state index in [0.717, 1.165) is 61.8 Å². The fourth-order valence-corrected chi connectivity index (χ4v) is 5.78. The van der Waals surface area contributed by atoms with Crippen LogP contribution >= 0.6 is 0 Å². The van der Waals surface area contributed by atoms with Crippen LogP contribution in [0.15, 0.2) is 60.7 Å². The summed E-state index contributed by atoms with van der Waals surface area (Å²) >= 11 is 0. The number of hydrogen-bond acceptors (Lipinski definition) is 6. The first kappa shape index (κ1) is 30.3. The molecule has 0 spiro atoms. The van der Waals surface area contributed by atoms with Crippen molar-refractivity contribution in [1.82, 2.24) is 9.78 Å². The number of amides is 2. The van der Waals surface area contributed by atoms with Crippen molar-refractivity contribution in [3.63, 3.8) is 0 Å². The largest absolute Gasteiger partial charge is 0.460 e. The predicted molar refractivity (Wildman–Crippen MR) is 172 cm³/mol. The molecule has 1 saturated heterocycles. The Kier molecular flexibility index (Phi) is 8.31. The zero-order valence-electron chi connectivity index (χ0n) is 25.9. The maximum atomic E-state index is 14.2. The van der Waals surface area contributed by atoms with Gasteiger partial charge in [0.1, 0.15) is 11.4 Å². The summed E-state index contributed by atoms with van der Waals surface area (Å²) in [4.78, 5) is 42.1. The molecular formula is C35H38FN5O4. The predicted octanol–water partition coefficient (Wildman–Crippen LogP) is 6.89. The van der Waals surface area contributed by atoms with Gasteiger partial charge < -0.3 is 20.3 Å². The van der Waals surface area contributed by atoms with Gasteiger partial charge in [0.15, 0.2) is 5.69 Å². The lowest BCUT2D eigenvalue weighted by molar-refractivity contribution is -0.153. The number of para-hydroxylation sites is 1. The zero-order chi connectivity index (χ0) is 31.7. The van der Waals surface area contributed by atoms with Gasteiger partial charge in [-0.25, -0.2) is 4.39 Å². The second-order valence-corrected chi connectivity index (χ2v) is 12.8. The number of aromatic nitrogens is 2. The number of fused-ring (bicyclic) bond motifs is 1. The van der Waals surface area contributed by atoms with Crippen LogP contribution in [0.25, 0.3) is 10.9 Å². The lowest BCUT2D eigenvalue weighted by atomic mass is 10.1. The van der Waals surface area contributed by atoms with Gasteiger partial charge in [0.05, 0.1) is 29.4 Å². The lowest BCUT2D eigenvalue weighted by Crippen LogP contribution is -2.30. The van der Waals surface area contributed by atoms with Crippen LogP contribution in [-0.2, 0) is 16.0 Å². The number of carbonyl (C=O) groups excluding carboxylic acids is 3. The molecule has 3 aromatic carbocycles. The molecule has 0 unspecified atom stereocenters. The molecule has 234 valence electrons. The van der Waals surface area contributed by atoms with Crippen LogP contribution in [0.5, 0.6) is 0 Å². The highest BCUT2D eigenvalue weighted by Crippen LogP contribution is 2.38. The minimum atomic E-state index is -0.701. The summed E-state index contributed by atoms with van der Waals surface area (Å²) in [7, 11) is 0. The summed E-state index contributed by atoms with van der Waals surface area (Å²) in [5.74, 6) is -1.87. The van der Waals surface area contributed by atoms with Crippen molar-refractivity contribution < 1.29 is 23.5 Å². The van der Waals surface area contributed by atoms with E-state index in [-0.39, 0.29) is 12.3 Å². The number of hydrogen-bond donors (Lipinski definition) is 2. The number of rotatable bonds is 8. The van der Waals surface area contributed by atoms with Crippen LogP contribution in [0, 0.1) is 5.82 Å². The number of carbonyl (C=O) groups is 3. The fraction of sp³-hybridized carbons (Fsp3) is 0.371. The van der Waals surface area contributed by atoms with Crippen molar-refractivity contribution in [3.8, 4) is 0 Å². The molecule has 4 aromatic rings. The maximum Gasteiger partial charge on any atom is 0.310 e. The lowest BCUT2D eigenvalue weighted by Gasteiger charge is -2.30. The van der Waals surface area contributed by atoms with E-state index in [1.165, 1.54) is 18.2 Å². The SMILES string of the molecule is CC(C)(C)OC(=O)Cc1cc(F)ccc1NC(=O)c1ccc(N2CCCCC2)c(NC(=O)c2nn(C3CC3)c3ccccc23)c1. The zero-order valence-corrected chi connectivity index (χ0v) is 25.9. The van der Waals surface area contributed by atoms with E-state index in [4.69, 9.17) is 9.84 Å². The highest BCUT2D eigenvalue weighted by Gasteiger charge is 2.29. The first-order valence-corrected chi connectivity index (χ1v) is 15.5. The molecule has 1 aromatic heterocycles. The molecule has 2 heterocycles. The van der Waals surface area contributed by atoms with Gasteiger partial charge in [-0.05, 0) is 101 Å². The van der Waals surface area contributed by atoms with Crippen molar-refractivity contribution in [2.75, 3.05) is 28.6 Å². The third-order valence-corrected chi connectivity index (χ3v) is 8.00. The van der Waals surface area contributed by atoms with E-state index in [1.54, 1.807) is 32.9 Å². The Hall–Kier alpha value is -4.73. The summed E-state index contributed by atoms with van der Waals surface area (Å²) < 4.78 is 21.5. The molecule has 2 amide bonds. The van der Waals surface area contributed by atoms with Crippen LogP contribution in [-0.4, -0.2) is 46.3 Å². The van der Waals surface area contributed by atoms with E-state index in [9.17, 15) is 18.8 Å². The Morgan fingerprint density at radius 1 is 0.911 bits per heavy atom. The van der Waals surface area contributed by atoms with E-state index in [2.05, 4.69) is 15.5 Å². The highest BCUT2D eigenvalue weighted by molar-refractivity contribution is 6.13. The average molecular weight is 612 g/mol. The van der Waals surface area contributed by atoms with Gasteiger partial charge in [-0.3, -0.25) is 19.1 Å². The second kappa shape index (κ2) is 12.3. The molecule has 0 bridgehead atoms. The molecule has 0 radical (unpaired) electrons. The Bertz CT molecular complexity index is 1770. The molecule has 10 heteroatoms. The van der Waals surface area contributed by atoms with Gasteiger partial charge in [0.2, 0.25) is 0 Å². The van der Waals surface area contributed by atoms with Crippen LogP contribution in [0.3, 0.4) is 0 Å². The molecule has 1 saturated carbocycles. The van der Waals surface area contributed by atoms with E-state index in [0.29, 0.717) is 34.2 Å². The molecule has 1 aliphatic heterocycles. The van der Waals surface area contributed by atoms with Gasteiger partial charge in [-0.2, -0.15) is 5.10 Å². The summed E-state index contributed by atoms with van der Waals surface area (Å²) in [6, 6.07) is 17.1. The van der Waals surface area contributed by atoms with Crippen molar-refractivity contribution >= 4 is 45.7 Å². The van der Waals surface area contributed by atoms with Crippen molar-refractivity contribution in [1.29, 1.82) is 0 Å². The number of halogens is 1. The molecule has 6 rings (SSSR count). The first-order chi connectivity index (χ1) is 21.6. The average Bonchev–Trinajstić information content (AvgIpc) is 3.77. The van der Waals surface area contributed by atoms with Gasteiger partial charge in [-0.1, -0.05) is 18.2 Å². The number of piperidine rings is 1. The van der Waals surface area contributed by atoms with Gasteiger partial charge in [-0.15, -0.1) is 0 Å². The monoisotopic (exact) mass is 611 g/mol. The Morgan fingerprint density at radius 3 is 2.38 bits per heavy atom. The Morgan fingerprint density at radius 2 is 1.64 bits per heavy atom. The molecule has 2 fully saturated rings. The number of anilines is 3. The molecule has 2 N–H and O–H groups in total. The topological polar surface area (TPSA) is 106 Å². The molecule has 2 aliphatic rings. The smallest absolute Gasteiger partial charge is 0.310 e. The fourth-order valence-electron chi connectivity index (χ4n) is 5.78. The summed E-state index contributed by atoms with van der Waals surface area (Å²) in [5.41, 5.74) is 2.81. The number of ether oxygens (including phenoxy) is 1. The second-order valence-electron chi connectivity index (χ2n) is 12.8. The summed E-state index contributed by atoms with van der Waals surface area (Å²) in [6.07, 6.45) is 5.09. The van der Waals surface area contributed by atoms with Crippen molar-refractivity contribution in [2.45, 2.75) is 70.9 Å². The summed E-state index contributed by atoms with van der Waals surface area (Å²) in [5, 5.41) is 11.4. The maximum absolute atomic E-state index is 14.2.